The summed E-state index contributed by atoms with van der Waals surface area (Å²) in [5.74, 6) is 5.93. The molecule has 0 radical (unpaired) electrons. The van der Waals surface area contributed by atoms with Crippen molar-refractivity contribution in [1.29, 1.82) is 0 Å². The van der Waals surface area contributed by atoms with Crippen LogP contribution in [0.5, 0.6) is 0 Å². The molecule has 1 heterocycles. The molecule has 7 heteroatoms. The second kappa shape index (κ2) is 4.58. The first-order chi connectivity index (χ1) is 6.65. The van der Waals surface area contributed by atoms with E-state index in [4.69, 9.17) is 16.8 Å². The molecule has 0 bridgehead atoms. The Morgan fingerprint density at radius 2 is 2.36 bits per heavy atom. The van der Waals surface area contributed by atoms with Crippen LogP contribution in [-0.2, 0) is 0 Å². The van der Waals surface area contributed by atoms with Crippen molar-refractivity contribution in [2.24, 2.45) is 21.8 Å². The summed E-state index contributed by atoms with van der Waals surface area (Å²) in [4.78, 5) is 0. The van der Waals surface area contributed by atoms with Crippen LogP contribution in [0.2, 0.25) is 0 Å². The van der Waals surface area contributed by atoms with Crippen LogP contribution in [0, 0.1) is 0 Å². The molecule has 0 fully saturated rings. The maximum atomic E-state index is 8.74. The van der Waals surface area contributed by atoms with E-state index in [2.05, 4.69) is 10.3 Å². The molecular formula is C7H11N5OS. The number of nitrogens with two attached hydrogens (primary N) is 2. The second-order valence-electron chi connectivity index (χ2n) is 2.52. The standard InChI is InChI=1S/C7H11N5OS/c1-5(8)10-12(9)7(11-13)6-2-3-14-4-6/h2-4,13H,9H2,1H3,(H2,8,10)/b11-7+. The van der Waals surface area contributed by atoms with Gasteiger partial charge in [-0.15, -0.1) is 5.10 Å². The highest BCUT2D eigenvalue weighted by atomic mass is 32.1. The van der Waals surface area contributed by atoms with Crippen molar-refractivity contribution in [2.45, 2.75) is 6.92 Å². The van der Waals surface area contributed by atoms with E-state index in [1.807, 2.05) is 5.38 Å². The van der Waals surface area contributed by atoms with Gasteiger partial charge in [-0.1, -0.05) is 5.16 Å². The molecule has 76 valence electrons. The van der Waals surface area contributed by atoms with E-state index in [1.165, 1.54) is 11.3 Å². The minimum Gasteiger partial charge on any atom is -0.409 e. The molecule has 1 aromatic rings. The molecule has 1 aromatic heterocycles. The number of oxime groups is 1. The Hall–Kier alpha value is -1.60. The molecule has 0 aliphatic heterocycles. The van der Waals surface area contributed by atoms with E-state index < -0.39 is 0 Å². The van der Waals surface area contributed by atoms with Gasteiger partial charge in [-0.25, -0.2) is 5.84 Å². The third-order valence-electron chi connectivity index (χ3n) is 1.36. The van der Waals surface area contributed by atoms with Gasteiger partial charge in [0.15, 0.2) is 0 Å². The van der Waals surface area contributed by atoms with Crippen LogP contribution in [0.15, 0.2) is 27.1 Å². The lowest BCUT2D eigenvalue weighted by Gasteiger charge is -2.12. The topological polar surface area (TPSA) is 100 Å². The fraction of sp³-hybridized carbons (Fsp3) is 0.143. The maximum absolute atomic E-state index is 8.74. The lowest BCUT2D eigenvalue weighted by Crippen LogP contribution is -2.35. The molecule has 0 amide bonds. The van der Waals surface area contributed by atoms with Crippen molar-refractivity contribution in [3.63, 3.8) is 0 Å². The summed E-state index contributed by atoms with van der Waals surface area (Å²) in [7, 11) is 0. The zero-order valence-corrected chi connectivity index (χ0v) is 8.40. The minimum atomic E-state index is 0.149. The normalized spacial score (nSPS) is 13.0. The van der Waals surface area contributed by atoms with Crippen LogP contribution in [0.3, 0.4) is 0 Å². The fourth-order valence-electron chi connectivity index (χ4n) is 0.845. The van der Waals surface area contributed by atoms with E-state index in [0.29, 0.717) is 5.56 Å². The molecular weight excluding hydrogens is 202 g/mol. The molecule has 0 atom stereocenters. The highest BCUT2D eigenvalue weighted by Gasteiger charge is 2.10. The molecule has 0 aliphatic rings. The van der Waals surface area contributed by atoms with E-state index >= 15 is 0 Å². The van der Waals surface area contributed by atoms with E-state index in [1.54, 1.807) is 18.4 Å². The average Bonchev–Trinajstić information content (AvgIpc) is 2.57. The highest BCUT2D eigenvalue weighted by molar-refractivity contribution is 7.08. The second-order valence-corrected chi connectivity index (χ2v) is 3.30. The average molecular weight is 213 g/mol. The Morgan fingerprint density at radius 1 is 1.64 bits per heavy atom. The SMILES string of the molecule is C/C(N)=N/N(N)/C(=N/O)c1ccsc1. The molecule has 0 saturated heterocycles. The van der Waals surface area contributed by atoms with Gasteiger partial charge in [-0.3, -0.25) is 0 Å². The van der Waals surface area contributed by atoms with E-state index in [0.717, 1.165) is 5.12 Å². The summed E-state index contributed by atoms with van der Waals surface area (Å²) in [6.07, 6.45) is 0. The van der Waals surface area contributed by atoms with E-state index in [-0.39, 0.29) is 11.7 Å². The summed E-state index contributed by atoms with van der Waals surface area (Å²) in [5, 5.41) is 20.1. The first-order valence-corrected chi connectivity index (χ1v) is 4.69. The first-order valence-electron chi connectivity index (χ1n) is 3.75. The third kappa shape index (κ3) is 2.44. The maximum Gasteiger partial charge on any atom is 0.212 e. The lowest BCUT2D eigenvalue weighted by atomic mass is 10.3. The summed E-state index contributed by atoms with van der Waals surface area (Å²) >= 11 is 1.47. The number of hydrogen-bond donors (Lipinski definition) is 3. The number of hydrazine groups is 1. The predicted octanol–water partition coefficient (Wildman–Crippen LogP) is 0.352. The van der Waals surface area contributed by atoms with Gasteiger partial charge in [-0.05, 0) is 18.4 Å². The summed E-state index contributed by atoms with van der Waals surface area (Å²) in [5.41, 5.74) is 6.02. The van der Waals surface area contributed by atoms with Gasteiger partial charge in [0.1, 0.15) is 5.84 Å². The molecule has 0 aromatic carbocycles. The molecule has 1 rings (SSSR count). The van der Waals surface area contributed by atoms with Gasteiger partial charge in [0.2, 0.25) is 5.84 Å². The third-order valence-corrected chi connectivity index (χ3v) is 2.04. The summed E-state index contributed by atoms with van der Waals surface area (Å²) in [6, 6.07) is 1.76. The van der Waals surface area contributed by atoms with Gasteiger partial charge < -0.3 is 10.9 Å². The molecule has 6 nitrogen and oxygen atoms in total. The Morgan fingerprint density at radius 3 is 2.79 bits per heavy atom. The Kier molecular flexibility index (Phi) is 3.43. The predicted molar refractivity (Wildman–Crippen MR) is 56.0 cm³/mol. The van der Waals surface area contributed by atoms with Crippen molar-refractivity contribution >= 4 is 23.0 Å². The Bertz CT molecular complexity index is 341. The highest BCUT2D eigenvalue weighted by Crippen LogP contribution is 2.08. The van der Waals surface area contributed by atoms with Crippen molar-refractivity contribution < 1.29 is 5.21 Å². The van der Waals surface area contributed by atoms with Gasteiger partial charge in [0.25, 0.3) is 0 Å². The van der Waals surface area contributed by atoms with Gasteiger partial charge in [0, 0.05) is 10.9 Å². The molecule has 0 aliphatic carbocycles. The smallest absolute Gasteiger partial charge is 0.212 e. The van der Waals surface area contributed by atoms with Crippen LogP contribution >= 0.6 is 11.3 Å². The monoisotopic (exact) mass is 213 g/mol. The zero-order chi connectivity index (χ0) is 10.6. The molecule has 5 N–H and O–H groups in total. The minimum absolute atomic E-state index is 0.149. The van der Waals surface area contributed by atoms with Crippen LogP contribution in [-0.4, -0.2) is 22.0 Å². The Labute approximate surface area is 85.1 Å². The van der Waals surface area contributed by atoms with Gasteiger partial charge in [-0.2, -0.15) is 16.5 Å². The van der Waals surface area contributed by atoms with Crippen LogP contribution in [0.25, 0.3) is 0 Å². The zero-order valence-electron chi connectivity index (χ0n) is 7.58. The molecule has 0 saturated carbocycles. The van der Waals surface area contributed by atoms with Crippen LogP contribution in [0.1, 0.15) is 12.5 Å². The lowest BCUT2D eigenvalue weighted by molar-refractivity contribution is 0.303. The number of hydrazone groups is 1. The number of amidine groups is 2. The van der Waals surface area contributed by atoms with Crippen molar-refractivity contribution in [3.8, 4) is 0 Å². The fourth-order valence-corrected chi connectivity index (χ4v) is 1.48. The number of nitrogens with zero attached hydrogens (tertiary/aromatic N) is 3. The Balaban J connectivity index is 2.90. The van der Waals surface area contributed by atoms with Crippen LogP contribution in [0.4, 0.5) is 0 Å². The largest absolute Gasteiger partial charge is 0.409 e. The summed E-state index contributed by atoms with van der Waals surface area (Å²) in [6.45, 7) is 1.59. The van der Waals surface area contributed by atoms with E-state index in [9.17, 15) is 0 Å². The first kappa shape index (κ1) is 10.5. The van der Waals surface area contributed by atoms with Crippen LogP contribution < -0.4 is 11.6 Å². The number of thiophene rings is 1. The molecule has 0 unspecified atom stereocenters. The summed E-state index contributed by atoms with van der Waals surface area (Å²) < 4.78 is 0. The molecule has 0 spiro atoms. The number of rotatable bonds is 2. The van der Waals surface area contributed by atoms with Crippen molar-refractivity contribution in [2.75, 3.05) is 0 Å². The quantitative estimate of drug-likeness (QED) is 0.217. The van der Waals surface area contributed by atoms with Crippen molar-refractivity contribution in [1.82, 2.24) is 5.12 Å². The molecule has 14 heavy (non-hydrogen) atoms. The van der Waals surface area contributed by atoms with Gasteiger partial charge >= 0.3 is 0 Å². The number of hydrogen-bond acceptors (Lipinski definition) is 5. The van der Waals surface area contributed by atoms with Gasteiger partial charge in [0.05, 0.1) is 0 Å². The van der Waals surface area contributed by atoms with Crippen molar-refractivity contribution in [3.05, 3.63) is 22.4 Å².